The molecule has 84 valence electrons. The van der Waals surface area contributed by atoms with Gasteiger partial charge in [0.05, 0.1) is 0 Å². The minimum absolute atomic E-state index is 0.419. The van der Waals surface area contributed by atoms with Gasteiger partial charge in [-0.2, -0.15) is 0 Å². The Kier molecular flexibility index (Phi) is 2.40. The standard InChI is InChI=1S/C13H15ClN2/c14-13(11-5-1-2-6-11)8-7-10-4-3-9-15-12(10)16-13/h3-4,7-9,11H,1-2,5-6H2,(H,15,16)/t13-/m0/s1. The van der Waals surface area contributed by atoms with Crippen molar-refractivity contribution in [2.45, 2.75) is 30.7 Å². The third kappa shape index (κ3) is 1.61. The van der Waals surface area contributed by atoms with Gasteiger partial charge < -0.3 is 5.32 Å². The molecule has 0 saturated heterocycles. The van der Waals surface area contributed by atoms with E-state index in [1.165, 1.54) is 25.7 Å². The molecule has 1 aliphatic heterocycles. The summed E-state index contributed by atoms with van der Waals surface area (Å²) in [6.45, 7) is 0. The average molecular weight is 235 g/mol. The van der Waals surface area contributed by atoms with E-state index in [0.29, 0.717) is 5.92 Å². The van der Waals surface area contributed by atoms with Crippen LogP contribution in [0.2, 0.25) is 0 Å². The van der Waals surface area contributed by atoms with Crippen LogP contribution in [-0.2, 0) is 0 Å². The van der Waals surface area contributed by atoms with E-state index < -0.39 is 5.00 Å². The summed E-state index contributed by atoms with van der Waals surface area (Å²) in [6.07, 6.45) is 11.0. The predicted molar refractivity (Wildman–Crippen MR) is 67.4 cm³/mol. The van der Waals surface area contributed by atoms with Crippen molar-refractivity contribution in [3.8, 4) is 0 Å². The van der Waals surface area contributed by atoms with Crippen LogP contribution in [0.3, 0.4) is 0 Å². The molecule has 1 aromatic rings. The summed E-state index contributed by atoms with van der Waals surface area (Å²) in [7, 11) is 0. The molecule has 0 bridgehead atoms. The van der Waals surface area contributed by atoms with Crippen molar-refractivity contribution in [1.29, 1.82) is 0 Å². The zero-order chi connectivity index (χ0) is 11.0. The lowest BCUT2D eigenvalue weighted by molar-refractivity contribution is 0.471. The first-order valence-corrected chi connectivity index (χ1v) is 6.27. The van der Waals surface area contributed by atoms with Gasteiger partial charge in [-0.05, 0) is 37.0 Å². The first kappa shape index (κ1) is 10.2. The quantitative estimate of drug-likeness (QED) is 0.593. The Morgan fingerprint density at radius 3 is 3.00 bits per heavy atom. The summed E-state index contributed by atoms with van der Waals surface area (Å²) < 4.78 is 0. The van der Waals surface area contributed by atoms with E-state index in [4.69, 9.17) is 11.6 Å². The molecule has 2 heterocycles. The smallest absolute Gasteiger partial charge is 0.135 e. The summed E-state index contributed by atoms with van der Waals surface area (Å²) >= 11 is 6.67. The van der Waals surface area contributed by atoms with Crippen LogP contribution in [0.1, 0.15) is 31.2 Å². The molecule has 1 fully saturated rings. The van der Waals surface area contributed by atoms with E-state index in [1.807, 2.05) is 6.07 Å². The highest BCUT2D eigenvalue weighted by molar-refractivity contribution is 6.27. The third-order valence-electron chi connectivity index (χ3n) is 3.60. The van der Waals surface area contributed by atoms with E-state index in [-0.39, 0.29) is 0 Å². The Labute approximate surface area is 101 Å². The molecule has 16 heavy (non-hydrogen) atoms. The molecule has 1 aliphatic carbocycles. The van der Waals surface area contributed by atoms with Gasteiger partial charge in [0, 0.05) is 11.8 Å². The van der Waals surface area contributed by atoms with E-state index in [0.717, 1.165) is 11.4 Å². The van der Waals surface area contributed by atoms with Crippen LogP contribution in [0.5, 0.6) is 0 Å². The second-order valence-electron chi connectivity index (χ2n) is 4.65. The SMILES string of the molecule is Cl[C@@]1(C2CCCC2)C=Cc2cccnc2N1. The lowest BCUT2D eigenvalue weighted by atomic mass is 9.94. The molecule has 2 aliphatic rings. The van der Waals surface area contributed by atoms with Gasteiger partial charge in [0.1, 0.15) is 10.8 Å². The molecule has 0 amide bonds. The van der Waals surface area contributed by atoms with Crippen LogP contribution in [0.25, 0.3) is 6.08 Å². The minimum Gasteiger partial charge on any atom is -0.348 e. The van der Waals surface area contributed by atoms with Crippen LogP contribution >= 0.6 is 11.6 Å². The second kappa shape index (κ2) is 3.77. The number of hydrogen-bond donors (Lipinski definition) is 1. The van der Waals surface area contributed by atoms with Gasteiger partial charge in [0.15, 0.2) is 0 Å². The largest absolute Gasteiger partial charge is 0.348 e. The predicted octanol–water partition coefficient (Wildman–Crippen LogP) is 3.65. The number of hydrogen-bond acceptors (Lipinski definition) is 2. The zero-order valence-corrected chi connectivity index (χ0v) is 9.87. The van der Waals surface area contributed by atoms with E-state index in [2.05, 4.69) is 28.5 Å². The molecule has 0 spiro atoms. The monoisotopic (exact) mass is 234 g/mol. The molecule has 2 nitrogen and oxygen atoms in total. The number of aromatic nitrogens is 1. The lowest BCUT2D eigenvalue weighted by Gasteiger charge is -2.34. The molecular weight excluding hydrogens is 220 g/mol. The van der Waals surface area contributed by atoms with Gasteiger partial charge in [-0.25, -0.2) is 4.98 Å². The summed E-state index contributed by atoms with van der Waals surface area (Å²) in [5, 5.41) is 3.38. The Hall–Kier alpha value is -1.02. The Morgan fingerprint density at radius 2 is 2.19 bits per heavy atom. The van der Waals surface area contributed by atoms with Crippen molar-refractivity contribution in [2.24, 2.45) is 5.92 Å². The van der Waals surface area contributed by atoms with E-state index >= 15 is 0 Å². The molecule has 0 unspecified atom stereocenters. The second-order valence-corrected chi connectivity index (χ2v) is 5.27. The number of alkyl halides is 1. The number of nitrogens with zero attached hydrogens (tertiary/aromatic N) is 1. The fraction of sp³-hybridized carbons (Fsp3) is 0.462. The fourth-order valence-electron chi connectivity index (χ4n) is 2.67. The number of rotatable bonds is 1. The Balaban J connectivity index is 1.91. The molecule has 3 heteroatoms. The summed E-state index contributed by atoms with van der Waals surface area (Å²) in [5.41, 5.74) is 1.12. The molecule has 1 atom stereocenters. The van der Waals surface area contributed by atoms with Gasteiger partial charge in [-0.3, -0.25) is 0 Å². The number of pyridine rings is 1. The van der Waals surface area contributed by atoms with Crippen LogP contribution in [0.15, 0.2) is 24.4 Å². The maximum atomic E-state index is 6.67. The molecule has 1 N–H and O–H groups in total. The maximum Gasteiger partial charge on any atom is 0.135 e. The lowest BCUT2D eigenvalue weighted by Crippen LogP contribution is -2.39. The van der Waals surface area contributed by atoms with Crippen molar-refractivity contribution in [3.63, 3.8) is 0 Å². The van der Waals surface area contributed by atoms with Gasteiger partial charge in [0.2, 0.25) is 0 Å². The van der Waals surface area contributed by atoms with E-state index in [1.54, 1.807) is 6.20 Å². The highest BCUT2D eigenvalue weighted by atomic mass is 35.5. The molecule has 3 rings (SSSR count). The summed E-state index contributed by atoms with van der Waals surface area (Å²) in [6, 6.07) is 4.00. The molecule has 0 aromatic carbocycles. The number of anilines is 1. The van der Waals surface area contributed by atoms with Crippen LogP contribution in [0.4, 0.5) is 5.82 Å². The molecule has 1 saturated carbocycles. The highest BCUT2D eigenvalue weighted by Crippen LogP contribution is 2.42. The molecular formula is C13H15ClN2. The normalized spacial score (nSPS) is 28.8. The first-order chi connectivity index (χ1) is 7.78. The first-order valence-electron chi connectivity index (χ1n) is 5.89. The summed E-state index contributed by atoms with van der Waals surface area (Å²) in [4.78, 5) is 3.92. The van der Waals surface area contributed by atoms with Crippen molar-refractivity contribution in [1.82, 2.24) is 4.98 Å². The van der Waals surface area contributed by atoms with E-state index in [9.17, 15) is 0 Å². The van der Waals surface area contributed by atoms with Crippen molar-refractivity contribution >= 4 is 23.5 Å². The van der Waals surface area contributed by atoms with Crippen LogP contribution < -0.4 is 5.32 Å². The van der Waals surface area contributed by atoms with Crippen molar-refractivity contribution in [3.05, 3.63) is 30.0 Å². The van der Waals surface area contributed by atoms with Crippen molar-refractivity contribution < 1.29 is 0 Å². The molecule has 0 radical (unpaired) electrons. The molecule has 1 aromatic heterocycles. The summed E-state index contributed by atoms with van der Waals surface area (Å²) in [5.74, 6) is 1.44. The zero-order valence-electron chi connectivity index (χ0n) is 9.12. The minimum atomic E-state index is -0.419. The number of fused-ring (bicyclic) bond motifs is 1. The van der Waals surface area contributed by atoms with Crippen molar-refractivity contribution in [2.75, 3.05) is 5.32 Å². The van der Waals surface area contributed by atoms with Gasteiger partial charge >= 0.3 is 0 Å². The Morgan fingerprint density at radius 1 is 1.38 bits per heavy atom. The van der Waals surface area contributed by atoms with Gasteiger partial charge in [-0.15, -0.1) is 0 Å². The maximum absolute atomic E-state index is 6.67. The van der Waals surface area contributed by atoms with Gasteiger partial charge in [0.25, 0.3) is 0 Å². The average Bonchev–Trinajstić information content (AvgIpc) is 2.83. The van der Waals surface area contributed by atoms with Crippen LogP contribution in [0, 0.1) is 5.92 Å². The number of nitrogens with one attached hydrogen (secondary N) is 1. The third-order valence-corrected chi connectivity index (χ3v) is 4.13. The van der Waals surface area contributed by atoms with Gasteiger partial charge in [-0.1, -0.05) is 30.5 Å². The van der Waals surface area contributed by atoms with Crippen LogP contribution in [-0.4, -0.2) is 9.98 Å². The highest BCUT2D eigenvalue weighted by Gasteiger charge is 2.38. The fourth-order valence-corrected chi connectivity index (χ4v) is 3.05. The topological polar surface area (TPSA) is 24.9 Å². The number of halogens is 1. The Bertz CT molecular complexity index is 424.